The predicted octanol–water partition coefficient (Wildman–Crippen LogP) is 4.14. The fraction of sp³-hybridized carbons (Fsp3) is 0.391. The second kappa shape index (κ2) is 11.2. The van der Waals surface area contributed by atoms with Crippen molar-refractivity contribution in [2.24, 2.45) is 0 Å². The number of aliphatic hydroxyl groups excluding tert-OH is 1. The maximum absolute atomic E-state index is 10.3. The van der Waals surface area contributed by atoms with Gasteiger partial charge in [0.1, 0.15) is 0 Å². The summed E-state index contributed by atoms with van der Waals surface area (Å²) < 4.78 is 10.8. The molecule has 0 aliphatic heterocycles. The van der Waals surface area contributed by atoms with Crippen molar-refractivity contribution in [3.8, 4) is 11.4 Å². The average Bonchev–Trinajstić information content (AvgIpc) is 3.22. The summed E-state index contributed by atoms with van der Waals surface area (Å²) in [7, 11) is 0. The quantitative estimate of drug-likeness (QED) is 0.494. The van der Waals surface area contributed by atoms with Gasteiger partial charge in [0.25, 0.3) is 0 Å². The fourth-order valence-electron chi connectivity index (χ4n) is 3.14. The van der Waals surface area contributed by atoms with Gasteiger partial charge < -0.3 is 14.4 Å². The predicted molar refractivity (Wildman–Crippen MR) is 117 cm³/mol. The molecule has 1 N–H and O–H groups in total. The van der Waals surface area contributed by atoms with Crippen molar-refractivity contribution in [2.45, 2.75) is 32.9 Å². The molecule has 2 aromatic carbocycles. The minimum Gasteiger partial charge on any atom is -0.389 e. The van der Waals surface area contributed by atoms with Crippen molar-refractivity contribution in [3.63, 3.8) is 0 Å². The Morgan fingerprint density at radius 1 is 1.20 bits per heavy atom. The molecule has 1 atom stereocenters. The Kier molecular flexibility index (Phi) is 8.39. The van der Waals surface area contributed by atoms with Crippen LogP contribution in [0.1, 0.15) is 23.9 Å². The molecule has 160 valence electrons. The zero-order valence-electron chi connectivity index (χ0n) is 17.4. The van der Waals surface area contributed by atoms with Gasteiger partial charge in [-0.3, -0.25) is 4.90 Å². The summed E-state index contributed by atoms with van der Waals surface area (Å²) in [5, 5.41) is 15.1. The van der Waals surface area contributed by atoms with Gasteiger partial charge in [0.2, 0.25) is 11.7 Å². The van der Waals surface area contributed by atoms with Crippen molar-refractivity contribution in [1.29, 1.82) is 0 Å². The molecular weight excluding hydrogens is 402 g/mol. The van der Waals surface area contributed by atoms with Crippen LogP contribution in [-0.4, -0.2) is 52.6 Å². The van der Waals surface area contributed by atoms with Gasteiger partial charge in [-0.1, -0.05) is 59.2 Å². The highest BCUT2D eigenvalue weighted by Gasteiger charge is 2.15. The number of benzene rings is 2. The lowest BCUT2D eigenvalue weighted by Crippen LogP contribution is -2.36. The topological polar surface area (TPSA) is 71.6 Å². The number of halogens is 1. The van der Waals surface area contributed by atoms with Crippen molar-refractivity contribution in [2.75, 3.05) is 26.3 Å². The Bertz CT molecular complexity index is 917. The molecule has 0 radical (unpaired) electrons. The van der Waals surface area contributed by atoms with Crippen molar-refractivity contribution >= 4 is 11.6 Å². The van der Waals surface area contributed by atoms with Crippen LogP contribution in [0.3, 0.4) is 0 Å². The molecule has 1 heterocycles. The summed E-state index contributed by atoms with van der Waals surface area (Å²) >= 11 is 6.21. The third-order valence-corrected chi connectivity index (χ3v) is 5.18. The van der Waals surface area contributed by atoms with Gasteiger partial charge in [0.15, 0.2) is 0 Å². The van der Waals surface area contributed by atoms with Crippen LogP contribution in [0.4, 0.5) is 0 Å². The molecule has 0 saturated carbocycles. The molecule has 0 aliphatic rings. The van der Waals surface area contributed by atoms with Crippen molar-refractivity contribution in [1.82, 2.24) is 15.0 Å². The van der Waals surface area contributed by atoms with E-state index in [4.69, 9.17) is 20.9 Å². The molecule has 0 fully saturated rings. The summed E-state index contributed by atoms with van der Waals surface area (Å²) in [5.74, 6) is 1.08. The normalized spacial score (nSPS) is 12.4. The standard InChI is InChI=1S/C23H28ClN3O3/c1-3-29-16-20(28)15-27(14-18-7-5-4-6-8-18)12-11-22-25-23(26-30-22)19-10-9-17(2)21(24)13-19/h4-10,13,20,28H,3,11-12,14-16H2,1-2H3. The van der Waals surface area contributed by atoms with Crippen LogP contribution in [0.2, 0.25) is 5.02 Å². The molecular formula is C23H28ClN3O3. The highest BCUT2D eigenvalue weighted by atomic mass is 35.5. The monoisotopic (exact) mass is 429 g/mol. The summed E-state index contributed by atoms with van der Waals surface area (Å²) in [5.41, 5.74) is 3.02. The van der Waals surface area contributed by atoms with Gasteiger partial charge in [0.05, 0.1) is 12.7 Å². The van der Waals surface area contributed by atoms with Gasteiger partial charge in [-0.15, -0.1) is 0 Å². The lowest BCUT2D eigenvalue weighted by molar-refractivity contribution is 0.0194. The number of aliphatic hydroxyl groups is 1. The first kappa shape index (κ1) is 22.4. The Morgan fingerprint density at radius 2 is 2.00 bits per heavy atom. The minimum atomic E-state index is -0.554. The van der Waals surface area contributed by atoms with Crippen LogP contribution in [0.25, 0.3) is 11.4 Å². The number of nitrogens with zero attached hydrogens (tertiary/aromatic N) is 3. The van der Waals surface area contributed by atoms with E-state index in [1.807, 2.05) is 50.2 Å². The Morgan fingerprint density at radius 3 is 2.73 bits per heavy atom. The zero-order chi connectivity index (χ0) is 21.3. The molecule has 1 unspecified atom stereocenters. The first-order valence-corrected chi connectivity index (χ1v) is 10.5. The Labute approximate surface area is 182 Å². The maximum Gasteiger partial charge on any atom is 0.228 e. The fourth-order valence-corrected chi connectivity index (χ4v) is 3.32. The van der Waals surface area contributed by atoms with E-state index in [-0.39, 0.29) is 0 Å². The maximum atomic E-state index is 10.3. The number of aromatic nitrogens is 2. The van der Waals surface area contributed by atoms with E-state index in [1.54, 1.807) is 0 Å². The van der Waals surface area contributed by atoms with Crippen molar-refractivity contribution < 1.29 is 14.4 Å². The molecule has 0 aliphatic carbocycles. The number of rotatable bonds is 11. The first-order valence-electron chi connectivity index (χ1n) is 10.2. The second-order valence-corrected chi connectivity index (χ2v) is 7.67. The largest absolute Gasteiger partial charge is 0.389 e. The molecule has 7 heteroatoms. The molecule has 30 heavy (non-hydrogen) atoms. The van der Waals surface area contributed by atoms with Crippen LogP contribution < -0.4 is 0 Å². The molecule has 1 aromatic heterocycles. The van der Waals surface area contributed by atoms with Gasteiger partial charge in [0, 0.05) is 43.2 Å². The zero-order valence-corrected chi connectivity index (χ0v) is 18.2. The van der Waals surface area contributed by atoms with E-state index in [0.717, 1.165) is 17.7 Å². The van der Waals surface area contributed by atoms with Crippen LogP contribution in [0, 0.1) is 6.92 Å². The van der Waals surface area contributed by atoms with Crippen molar-refractivity contribution in [3.05, 3.63) is 70.6 Å². The smallest absolute Gasteiger partial charge is 0.228 e. The molecule has 0 spiro atoms. The third-order valence-electron chi connectivity index (χ3n) is 4.77. The number of hydrogen-bond acceptors (Lipinski definition) is 6. The molecule has 0 bridgehead atoms. The molecule has 3 aromatic rings. The lowest BCUT2D eigenvalue weighted by Gasteiger charge is -2.24. The molecule has 0 saturated heterocycles. The highest BCUT2D eigenvalue weighted by Crippen LogP contribution is 2.23. The highest BCUT2D eigenvalue weighted by molar-refractivity contribution is 6.31. The van der Waals surface area contributed by atoms with Crippen LogP contribution >= 0.6 is 11.6 Å². The summed E-state index contributed by atoms with van der Waals surface area (Å²) in [6.07, 6.45) is 0.0300. The summed E-state index contributed by atoms with van der Waals surface area (Å²) in [4.78, 5) is 6.68. The van der Waals surface area contributed by atoms with Gasteiger partial charge in [-0.25, -0.2) is 0 Å². The Hall–Kier alpha value is -2.25. The van der Waals surface area contributed by atoms with E-state index < -0.39 is 6.10 Å². The Balaban J connectivity index is 1.64. The number of aryl methyl sites for hydroxylation is 1. The van der Waals surface area contributed by atoms with Crippen LogP contribution in [0.15, 0.2) is 53.1 Å². The summed E-state index contributed by atoms with van der Waals surface area (Å²) in [6, 6.07) is 15.9. The third kappa shape index (κ3) is 6.64. The molecule has 3 rings (SSSR count). The SMILES string of the molecule is CCOCC(O)CN(CCc1nc(-c2ccc(C)c(Cl)c2)no1)Cc1ccccc1. The molecule has 0 amide bonds. The van der Waals surface area contributed by atoms with E-state index in [1.165, 1.54) is 5.56 Å². The van der Waals surface area contributed by atoms with E-state index in [9.17, 15) is 5.11 Å². The average molecular weight is 430 g/mol. The number of ether oxygens (including phenoxy) is 1. The second-order valence-electron chi connectivity index (χ2n) is 7.26. The summed E-state index contributed by atoms with van der Waals surface area (Å²) in [6.45, 7) is 6.68. The minimum absolute atomic E-state index is 0.320. The van der Waals surface area contributed by atoms with Crippen LogP contribution in [0.5, 0.6) is 0 Å². The van der Waals surface area contributed by atoms with E-state index in [2.05, 4.69) is 27.2 Å². The lowest BCUT2D eigenvalue weighted by atomic mass is 10.1. The van der Waals surface area contributed by atoms with Crippen LogP contribution in [-0.2, 0) is 17.7 Å². The van der Waals surface area contributed by atoms with Gasteiger partial charge >= 0.3 is 0 Å². The number of hydrogen-bond donors (Lipinski definition) is 1. The van der Waals surface area contributed by atoms with Gasteiger partial charge in [-0.05, 0) is 31.0 Å². The first-order chi connectivity index (χ1) is 14.5. The van der Waals surface area contributed by atoms with E-state index in [0.29, 0.717) is 49.5 Å². The van der Waals surface area contributed by atoms with Gasteiger partial charge in [-0.2, -0.15) is 4.98 Å². The molecule has 6 nitrogen and oxygen atoms in total. The van der Waals surface area contributed by atoms with E-state index >= 15 is 0 Å².